The first-order valence-electron chi connectivity index (χ1n) is 3.28. The quantitative estimate of drug-likeness (QED) is 0.409. The average molecular weight is 176 g/mol. The van der Waals surface area contributed by atoms with Gasteiger partial charge in [-0.3, -0.25) is 0 Å². The van der Waals surface area contributed by atoms with Crippen molar-refractivity contribution in [1.82, 2.24) is 0 Å². The summed E-state index contributed by atoms with van der Waals surface area (Å²) >= 11 is 0. The average Bonchev–Trinajstić information content (AvgIpc) is 1.88. The normalized spacial score (nSPS) is 11.9. The van der Waals surface area contributed by atoms with Gasteiger partial charge in [-0.2, -0.15) is 0 Å². The summed E-state index contributed by atoms with van der Waals surface area (Å²) < 4.78 is 12.3. The molecular formula is C9H10FK. The Labute approximate surface area is 110 Å². The third-order valence-corrected chi connectivity index (χ3v) is 1.44. The second-order valence-electron chi connectivity index (χ2n) is 2.45. The fraction of sp³-hybridized carbons (Fsp3) is 0.222. The zero-order valence-electron chi connectivity index (χ0n) is 6.97. The molecule has 0 radical (unpaired) electrons. The Bertz CT molecular complexity index is 203. The Balaban J connectivity index is 0.000001000. The summed E-state index contributed by atoms with van der Waals surface area (Å²) in [6.45, 7) is 5.80. The maximum Gasteiger partial charge on any atom is 1.00 e. The van der Waals surface area contributed by atoms with E-state index in [9.17, 15) is 4.39 Å². The Kier molecular flexibility index (Phi) is 5.82. The van der Waals surface area contributed by atoms with Gasteiger partial charge in [0.2, 0.25) is 0 Å². The van der Waals surface area contributed by atoms with Gasteiger partial charge in [0, 0.05) is 0 Å². The summed E-state index contributed by atoms with van der Waals surface area (Å²) in [5, 5.41) is 0. The van der Waals surface area contributed by atoms with Crippen molar-refractivity contribution in [2.45, 2.75) is 12.8 Å². The molecule has 0 heterocycles. The molecular weight excluding hydrogens is 166 g/mol. The van der Waals surface area contributed by atoms with Gasteiger partial charge in [-0.05, 0) is 12.1 Å². The van der Waals surface area contributed by atoms with Crippen LogP contribution in [0.25, 0.3) is 0 Å². The molecule has 0 aliphatic rings. The number of hydrogen-bond acceptors (Lipinski definition) is 0. The molecule has 0 bridgehead atoms. The second kappa shape index (κ2) is 5.44. The zero-order valence-corrected chi connectivity index (χ0v) is 10.1. The van der Waals surface area contributed by atoms with Crippen molar-refractivity contribution in [3.63, 3.8) is 0 Å². The minimum atomic E-state index is -0.190. The fourth-order valence-electron chi connectivity index (χ4n) is 0.791. The van der Waals surface area contributed by atoms with Crippen molar-refractivity contribution < 1.29 is 55.8 Å². The van der Waals surface area contributed by atoms with Crippen molar-refractivity contribution in [1.29, 1.82) is 0 Å². The van der Waals surface area contributed by atoms with Gasteiger partial charge in [-0.25, -0.2) is 4.39 Å². The van der Waals surface area contributed by atoms with Gasteiger partial charge in [0.1, 0.15) is 5.82 Å². The van der Waals surface area contributed by atoms with Crippen molar-refractivity contribution in [2.24, 2.45) is 0 Å². The fourth-order valence-corrected chi connectivity index (χ4v) is 0.791. The summed E-state index contributed by atoms with van der Waals surface area (Å²) in [7, 11) is 0. The van der Waals surface area contributed by atoms with E-state index in [1.54, 1.807) is 12.1 Å². The van der Waals surface area contributed by atoms with Crippen molar-refractivity contribution in [3.05, 3.63) is 42.6 Å². The van der Waals surface area contributed by atoms with Gasteiger partial charge in [-0.1, -0.05) is 24.6 Å². The molecule has 11 heavy (non-hydrogen) atoms. The molecule has 1 aromatic rings. The van der Waals surface area contributed by atoms with E-state index in [0.717, 1.165) is 5.56 Å². The molecule has 0 N–H and O–H groups in total. The van der Waals surface area contributed by atoms with Crippen LogP contribution in [0, 0.1) is 12.7 Å². The maximum atomic E-state index is 12.3. The van der Waals surface area contributed by atoms with E-state index in [4.69, 9.17) is 0 Å². The molecule has 0 saturated heterocycles. The van der Waals surface area contributed by atoms with E-state index in [-0.39, 0.29) is 63.1 Å². The van der Waals surface area contributed by atoms with Crippen LogP contribution in [-0.2, 0) is 0 Å². The van der Waals surface area contributed by atoms with Gasteiger partial charge >= 0.3 is 51.4 Å². The Morgan fingerprint density at radius 3 is 2.09 bits per heavy atom. The molecule has 0 aromatic heterocycles. The largest absolute Gasteiger partial charge is 1.00 e. The monoisotopic (exact) mass is 176 g/mol. The van der Waals surface area contributed by atoms with E-state index >= 15 is 0 Å². The molecule has 1 atom stereocenters. The van der Waals surface area contributed by atoms with Crippen LogP contribution >= 0.6 is 0 Å². The Morgan fingerprint density at radius 1 is 1.27 bits per heavy atom. The van der Waals surface area contributed by atoms with E-state index < -0.39 is 0 Å². The SMILES string of the molecule is [CH2-]C(C)c1ccc(F)cc1.[K+]. The third-order valence-electron chi connectivity index (χ3n) is 1.44. The first-order valence-corrected chi connectivity index (χ1v) is 3.28. The van der Waals surface area contributed by atoms with Gasteiger partial charge in [-0.15, -0.1) is 5.92 Å². The Morgan fingerprint density at radius 2 is 1.73 bits per heavy atom. The molecule has 0 spiro atoms. The summed E-state index contributed by atoms with van der Waals surface area (Å²) in [5.41, 5.74) is 1.07. The van der Waals surface area contributed by atoms with Crippen LogP contribution in [0.4, 0.5) is 4.39 Å². The molecule has 2 heteroatoms. The van der Waals surface area contributed by atoms with Gasteiger partial charge in [0.25, 0.3) is 0 Å². The first kappa shape index (κ1) is 11.8. The zero-order chi connectivity index (χ0) is 7.56. The smallest absolute Gasteiger partial charge is 0.336 e. The molecule has 0 aliphatic carbocycles. The summed E-state index contributed by atoms with van der Waals surface area (Å²) in [5.74, 6) is 0.0463. The van der Waals surface area contributed by atoms with Crippen LogP contribution < -0.4 is 51.4 Å². The van der Waals surface area contributed by atoms with Gasteiger partial charge in [0.05, 0.1) is 0 Å². The van der Waals surface area contributed by atoms with Crippen LogP contribution in [0.1, 0.15) is 18.4 Å². The third kappa shape index (κ3) is 3.81. The molecule has 0 nitrogen and oxygen atoms in total. The van der Waals surface area contributed by atoms with Crippen LogP contribution in [0.2, 0.25) is 0 Å². The summed E-state index contributed by atoms with van der Waals surface area (Å²) in [4.78, 5) is 0. The van der Waals surface area contributed by atoms with E-state index in [1.165, 1.54) is 12.1 Å². The molecule has 1 unspecified atom stereocenters. The molecule has 0 fully saturated rings. The summed E-state index contributed by atoms with van der Waals surface area (Å²) in [6, 6.07) is 6.42. The summed E-state index contributed by atoms with van der Waals surface area (Å²) in [6.07, 6.45) is 0. The van der Waals surface area contributed by atoms with E-state index in [2.05, 4.69) is 6.92 Å². The van der Waals surface area contributed by atoms with Gasteiger partial charge < -0.3 is 6.92 Å². The molecule has 0 saturated carbocycles. The van der Waals surface area contributed by atoms with Crippen molar-refractivity contribution >= 4 is 0 Å². The van der Waals surface area contributed by atoms with Crippen LogP contribution in [0.3, 0.4) is 0 Å². The number of halogens is 1. The number of benzene rings is 1. The van der Waals surface area contributed by atoms with E-state index in [0.29, 0.717) is 0 Å². The van der Waals surface area contributed by atoms with E-state index in [1.807, 2.05) is 6.92 Å². The second-order valence-corrected chi connectivity index (χ2v) is 2.45. The molecule has 54 valence electrons. The predicted octanol–water partition coefficient (Wildman–Crippen LogP) is -0.233. The van der Waals surface area contributed by atoms with Gasteiger partial charge in [0.15, 0.2) is 0 Å². The van der Waals surface area contributed by atoms with Crippen molar-refractivity contribution in [3.8, 4) is 0 Å². The Hall–Kier alpha value is 0.786. The minimum absolute atomic E-state index is 0. The maximum absolute atomic E-state index is 12.3. The van der Waals surface area contributed by atoms with Crippen LogP contribution in [-0.4, -0.2) is 0 Å². The standard InChI is InChI=1S/C9H10F.K/c1-7(2)8-3-5-9(10)6-4-8;/h3-7H,1H2,2H3;/q-1;+1. The predicted molar refractivity (Wildman–Crippen MR) is 40.2 cm³/mol. The first-order chi connectivity index (χ1) is 4.70. The van der Waals surface area contributed by atoms with Crippen LogP contribution in [0.5, 0.6) is 0 Å². The van der Waals surface area contributed by atoms with Crippen LogP contribution in [0.15, 0.2) is 24.3 Å². The molecule has 1 rings (SSSR count). The minimum Gasteiger partial charge on any atom is -0.336 e. The molecule has 0 amide bonds. The topological polar surface area (TPSA) is 0 Å². The number of hydrogen-bond donors (Lipinski definition) is 0. The molecule has 1 aromatic carbocycles. The molecule has 0 aliphatic heterocycles. The number of rotatable bonds is 1. The van der Waals surface area contributed by atoms with Crippen molar-refractivity contribution in [2.75, 3.05) is 0 Å².